The van der Waals surface area contributed by atoms with E-state index in [2.05, 4.69) is 9.80 Å². The number of halogens is 6. The van der Waals surface area contributed by atoms with Crippen LogP contribution < -0.4 is 4.74 Å². The molecule has 0 bridgehead atoms. The first-order valence-electron chi connectivity index (χ1n) is 13.6. The largest absolute Gasteiger partial charge is 0.497 e. The molecule has 1 amide bonds. The van der Waals surface area contributed by atoms with Gasteiger partial charge >= 0.3 is 12.4 Å². The number of methoxy groups -OCH3 is 1. The number of nitrogens with zero attached hydrogens (tertiary/aromatic N) is 3. The van der Waals surface area contributed by atoms with Gasteiger partial charge in [-0.2, -0.15) is 26.3 Å². The minimum absolute atomic E-state index is 0.0879. The summed E-state index contributed by atoms with van der Waals surface area (Å²) in [6.45, 7) is 8.35. The van der Waals surface area contributed by atoms with Gasteiger partial charge in [0.15, 0.2) is 0 Å². The smallest absolute Gasteiger partial charge is 0.416 e. The molecule has 0 unspecified atom stereocenters. The average molecular weight is 588 g/mol. The van der Waals surface area contributed by atoms with E-state index in [1.54, 1.807) is 0 Å². The van der Waals surface area contributed by atoms with Gasteiger partial charge in [-0.1, -0.05) is 12.1 Å². The van der Waals surface area contributed by atoms with Crippen molar-refractivity contribution in [2.75, 3.05) is 52.9 Å². The Morgan fingerprint density at radius 1 is 0.854 bits per heavy atom. The van der Waals surface area contributed by atoms with Crippen molar-refractivity contribution in [1.29, 1.82) is 0 Å². The van der Waals surface area contributed by atoms with Crippen molar-refractivity contribution in [3.63, 3.8) is 0 Å². The lowest BCUT2D eigenvalue weighted by Gasteiger charge is -2.43. The molecule has 0 aliphatic carbocycles. The summed E-state index contributed by atoms with van der Waals surface area (Å²) in [5.74, 6) is -0.670. The van der Waals surface area contributed by atoms with Gasteiger partial charge in [0.25, 0.3) is 5.91 Å². The molecule has 0 N–H and O–H groups in total. The number of ether oxygens (including phenoxy) is 2. The van der Waals surface area contributed by atoms with Gasteiger partial charge in [-0.3, -0.25) is 14.6 Å². The molecule has 2 heterocycles. The number of carbonyl (C=O) groups excluding carboxylic acids is 1. The fourth-order valence-electron chi connectivity index (χ4n) is 5.59. The van der Waals surface area contributed by atoms with Gasteiger partial charge in [-0.05, 0) is 56.2 Å². The SMILES string of the molecule is COc1cc(C(=O)N2CCN(CCN3C[C@@H](C)O[C@@H](C)C3)C[C@H]2Cc2ccc(C(F)(F)F)cc2)cc(C(F)(F)F)c1. The minimum Gasteiger partial charge on any atom is -0.497 e. The zero-order valence-electron chi connectivity index (χ0n) is 23.3. The molecule has 0 saturated carbocycles. The summed E-state index contributed by atoms with van der Waals surface area (Å²) in [5, 5.41) is 0. The van der Waals surface area contributed by atoms with Gasteiger partial charge in [-0.15, -0.1) is 0 Å². The molecule has 0 radical (unpaired) electrons. The van der Waals surface area contributed by atoms with Crippen LogP contribution in [0, 0.1) is 0 Å². The van der Waals surface area contributed by atoms with E-state index < -0.39 is 35.4 Å². The van der Waals surface area contributed by atoms with E-state index in [0.717, 1.165) is 43.9 Å². The normalized spacial score (nSPS) is 23.0. The molecule has 2 fully saturated rings. The molecule has 0 spiro atoms. The Morgan fingerprint density at radius 2 is 1.46 bits per heavy atom. The number of rotatable bonds is 7. The Balaban J connectivity index is 1.55. The molecule has 0 aromatic heterocycles. The van der Waals surface area contributed by atoms with Crippen LogP contribution in [0.25, 0.3) is 0 Å². The second-order valence-corrected chi connectivity index (χ2v) is 10.8. The highest BCUT2D eigenvalue weighted by Gasteiger charge is 2.36. The van der Waals surface area contributed by atoms with Crippen molar-refractivity contribution in [3.05, 3.63) is 64.7 Å². The van der Waals surface area contributed by atoms with Crippen LogP contribution in [-0.4, -0.2) is 91.8 Å². The first-order chi connectivity index (χ1) is 19.2. The summed E-state index contributed by atoms with van der Waals surface area (Å²) in [5.41, 5.74) is -1.32. The summed E-state index contributed by atoms with van der Waals surface area (Å²) in [7, 11) is 1.23. The molecule has 226 valence electrons. The highest BCUT2D eigenvalue weighted by Crippen LogP contribution is 2.34. The number of alkyl halides is 6. The number of morpholine rings is 1. The van der Waals surface area contributed by atoms with Crippen LogP contribution >= 0.6 is 0 Å². The lowest BCUT2D eigenvalue weighted by atomic mass is 9.99. The van der Waals surface area contributed by atoms with Gasteiger partial charge < -0.3 is 14.4 Å². The summed E-state index contributed by atoms with van der Waals surface area (Å²) in [6, 6.07) is 7.23. The van der Waals surface area contributed by atoms with Crippen LogP contribution in [-0.2, 0) is 23.5 Å². The second kappa shape index (κ2) is 12.6. The Kier molecular flexibility index (Phi) is 9.55. The maximum absolute atomic E-state index is 13.6. The van der Waals surface area contributed by atoms with E-state index in [4.69, 9.17) is 9.47 Å². The van der Waals surface area contributed by atoms with Gasteiger partial charge in [0, 0.05) is 57.4 Å². The van der Waals surface area contributed by atoms with E-state index in [9.17, 15) is 31.1 Å². The van der Waals surface area contributed by atoms with Crippen molar-refractivity contribution in [2.24, 2.45) is 0 Å². The number of hydrogen-bond acceptors (Lipinski definition) is 5. The van der Waals surface area contributed by atoms with E-state index in [0.29, 0.717) is 25.2 Å². The third kappa shape index (κ3) is 8.14. The summed E-state index contributed by atoms with van der Waals surface area (Å²) >= 11 is 0. The lowest BCUT2D eigenvalue weighted by molar-refractivity contribution is -0.138. The Morgan fingerprint density at radius 3 is 2.05 bits per heavy atom. The zero-order chi connectivity index (χ0) is 29.9. The van der Waals surface area contributed by atoms with E-state index in [1.165, 1.54) is 30.2 Å². The standard InChI is InChI=1S/C29H35F6N3O3/c1-19-16-37(17-20(2)41-19)9-8-36-10-11-38(25(18-36)12-21-4-6-23(7-5-21)28(30,31)32)27(39)22-13-24(29(33,34)35)15-26(14-22)40-3/h4-7,13-15,19-20,25H,8-12,16-18H2,1-3H3/t19-,20+,25-/m1/s1. The molecule has 2 aromatic rings. The third-order valence-electron chi connectivity index (χ3n) is 7.52. The maximum Gasteiger partial charge on any atom is 0.416 e. The molecule has 2 saturated heterocycles. The maximum atomic E-state index is 13.6. The molecule has 3 atom stereocenters. The molecule has 2 aliphatic rings. The highest BCUT2D eigenvalue weighted by atomic mass is 19.4. The minimum atomic E-state index is -4.67. The fourth-order valence-corrected chi connectivity index (χ4v) is 5.59. The Hall–Kier alpha value is -2.83. The van der Waals surface area contributed by atoms with Crippen LogP contribution in [0.5, 0.6) is 5.75 Å². The monoisotopic (exact) mass is 587 g/mol. The van der Waals surface area contributed by atoms with Crippen molar-refractivity contribution in [2.45, 2.75) is 50.9 Å². The molecule has 12 heteroatoms. The van der Waals surface area contributed by atoms with Gasteiger partial charge in [0.05, 0.1) is 30.4 Å². The number of benzene rings is 2. The topological polar surface area (TPSA) is 45.2 Å². The molecule has 4 rings (SSSR count). The molecule has 6 nitrogen and oxygen atoms in total. The fraction of sp³-hybridized carbons (Fsp3) is 0.552. The Bertz CT molecular complexity index is 1180. The van der Waals surface area contributed by atoms with Crippen molar-refractivity contribution in [1.82, 2.24) is 14.7 Å². The second-order valence-electron chi connectivity index (χ2n) is 10.8. The van der Waals surface area contributed by atoms with Crippen LogP contribution in [0.4, 0.5) is 26.3 Å². The molecular formula is C29H35F6N3O3. The third-order valence-corrected chi connectivity index (χ3v) is 7.52. The van der Waals surface area contributed by atoms with E-state index >= 15 is 0 Å². The highest BCUT2D eigenvalue weighted by molar-refractivity contribution is 5.95. The number of carbonyl (C=O) groups is 1. The first kappa shape index (κ1) is 31.1. The molecular weight excluding hydrogens is 552 g/mol. The predicted molar refractivity (Wildman–Crippen MR) is 141 cm³/mol. The predicted octanol–water partition coefficient (Wildman–Crippen LogP) is 5.21. The summed E-state index contributed by atoms with van der Waals surface area (Å²) in [4.78, 5) is 19.7. The number of hydrogen-bond donors (Lipinski definition) is 0. The zero-order valence-corrected chi connectivity index (χ0v) is 23.3. The molecule has 2 aromatic carbocycles. The quantitative estimate of drug-likeness (QED) is 0.417. The van der Waals surface area contributed by atoms with Crippen LogP contribution in [0.15, 0.2) is 42.5 Å². The lowest BCUT2D eigenvalue weighted by Crippen LogP contribution is -2.57. The summed E-state index contributed by atoms with van der Waals surface area (Å²) in [6.07, 6.45) is -8.66. The number of amides is 1. The molecule has 41 heavy (non-hydrogen) atoms. The Labute approximate surface area is 235 Å². The van der Waals surface area contributed by atoms with E-state index in [1.807, 2.05) is 13.8 Å². The van der Waals surface area contributed by atoms with Gasteiger partial charge in [-0.25, -0.2) is 0 Å². The molecule has 2 aliphatic heterocycles. The van der Waals surface area contributed by atoms with Gasteiger partial charge in [0.2, 0.25) is 0 Å². The van der Waals surface area contributed by atoms with Crippen LogP contribution in [0.1, 0.15) is 40.9 Å². The van der Waals surface area contributed by atoms with Crippen molar-refractivity contribution < 1.29 is 40.6 Å². The number of piperazine rings is 1. The summed E-state index contributed by atoms with van der Waals surface area (Å²) < 4.78 is 90.7. The van der Waals surface area contributed by atoms with Crippen molar-refractivity contribution in [3.8, 4) is 5.75 Å². The van der Waals surface area contributed by atoms with Gasteiger partial charge in [0.1, 0.15) is 5.75 Å². The van der Waals surface area contributed by atoms with E-state index in [-0.39, 0.29) is 36.5 Å². The van der Waals surface area contributed by atoms with Crippen LogP contribution in [0.3, 0.4) is 0 Å². The average Bonchev–Trinajstić information content (AvgIpc) is 2.90. The van der Waals surface area contributed by atoms with Crippen LogP contribution in [0.2, 0.25) is 0 Å². The first-order valence-corrected chi connectivity index (χ1v) is 13.6. The van der Waals surface area contributed by atoms with Crippen molar-refractivity contribution >= 4 is 5.91 Å².